The normalized spacial score (nSPS) is 29.0. The minimum atomic E-state index is -1.98. The van der Waals surface area contributed by atoms with E-state index in [0.717, 1.165) is 51.4 Å². The lowest BCUT2D eigenvalue weighted by molar-refractivity contribution is -0.379. The molecule has 0 saturated carbocycles. The van der Waals surface area contributed by atoms with E-state index >= 15 is 0 Å². The Balaban J connectivity index is 1.36. The molecule has 17 unspecified atom stereocenters. The zero-order chi connectivity index (χ0) is 62.6. The number of hydrogen-bond donors (Lipinski definition) is 12. The number of unbranched alkanes of at least 4 members (excludes halogenated alkanes) is 32. The number of aliphatic hydroxyl groups excluding tert-OH is 11. The van der Waals surface area contributed by atoms with Crippen molar-refractivity contribution in [2.75, 3.05) is 26.4 Å². The number of nitrogens with one attached hydrogen (secondary N) is 1. The summed E-state index contributed by atoms with van der Waals surface area (Å²) in [6.07, 6.45) is 30.3. The second kappa shape index (κ2) is 49.7. The Morgan fingerprint density at radius 2 is 0.744 bits per heavy atom. The van der Waals surface area contributed by atoms with Crippen LogP contribution in [-0.4, -0.2) is 193 Å². The van der Waals surface area contributed by atoms with Gasteiger partial charge in [0, 0.05) is 6.42 Å². The topological polar surface area (TPSA) is 307 Å². The molecule has 19 nitrogen and oxygen atoms in total. The molecule has 19 heteroatoms. The summed E-state index contributed by atoms with van der Waals surface area (Å²) >= 11 is 0. The van der Waals surface area contributed by atoms with Crippen LogP contribution in [0.3, 0.4) is 0 Å². The van der Waals surface area contributed by atoms with Gasteiger partial charge in [0.25, 0.3) is 0 Å². The van der Waals surface area contributed by atoms with Crippen molar-refractivity contribution in [2.45, 2.75) is 356 Å². The van der Waals surface area contributed by atoms with Gasteiger partial charge in [0.15, 0.2) is 18.9 Å². The molecule has 504 valence electrons. The number of amides is 1. The van der Waals surface area contributed by atoms with Crippen LogP contribution in [0.1, 0.15) is 251 Å². The molecule has 1 amide bonds. The van der Waals surface area contributed by atoms with Crippen LogP contribution >= 0.6 is 0 Å². The summed E-state index contributed by atoms with van der Waals surface area (Å²) in [5.74, 6) is -0.288. The van der Waals surface area contributed by atoms with Crippen molar-refractivity contribution < 1.29 is 89.4 Å². The molecule has 12 N–H and O–H groups in total. The van der Waals surface area contributed by atoms with E-state index in [2.05, 4.69) is 43.5 Å². The number of aliphatic hydroxyl groups is 11. The highest BCUT2D eigenvalue weighted by Crippen LogP contribution is 2.33. The lowest BCUT2D eigenvalue weighted by Gasteiger charge is -2.48. The summed E-state index contributed by atoms with van der Waals surface area (Å²) in [6, 6.07) is -0.993. The highest BCUT2D eigenvalue weighted by atomic mass is 16.8. The van der Waals surface area contributed by atoms with Crippen LogP contribution in [0.15, 0.2) is 36.5 Å². The van der Waals surface area contributed by atoms with Gasteiger partial charge in [0.1, 0.15) is 73.2 Å². The average molecular weight is 1230 g/mol. The summed E-state index contributed by atoms with van der Waals surface area (Å²) in [6.45, 7) is 1.63. The number of carbonyl (C=O) groups is 1. The van der Waals surface area contributed by atoms with Crippen LogP contribution < -0.4 is 5.32 Å². The van der Waals surface area contributed by atoms with Crippen molar-refractivity contribution in [1.82, 2.24) is 5.32 Å². The molecule has 86 heavy (non-hydrogen) atoms. The van der Waals surface area contributed by atoms with Gasteiger partial charge in [-0.15, -0.1) is 0 Å². The maximum absolute atomic E-state index is 13.3. The van der Waals surface area contributed by atoms with Gasteiger partial charge < -0.3 is 89.9 Å². The summed E-state index contributed by atoms with van der Waals surface area (Å²) in [5.41, 5.74) is 0. The van der Waals surface area contributed by atoms with Crippen molar-refractivity contribution in [3.05, 3.63) is 36.5 Å². The first kappa shape index (κ1) is 78.3. The lowest BCUT2D eigenvalue weighted by Crippen LogP contribution is -2.66. The summed E-state index contributed by atoms with van der Waals surface area (Å²) < 4.78 is 34.2. The van der Waals surface area contributed by atoms with Gasteiger partial charge in [-0.1, -0.05) is 243 Å². The second-order valence-corrected chi connectivity index (χ2v) is 24.6. The molecular weight excluding hydrogens is 1110 g/mol. The number of rotatable bonds is 52. The molecule has 0 bridgehead atoms. The maximum atomic E-state index is 13.3. The van der Waals surface area contributed by atoms with E-state index in [0.29, 0.717) is 12.8 Å². The smallest absolute Gasteiger partial charge is 0.220 e. The predicted octanol–water partition coefficient (Wildman–Crippen LogP) is 8.44. The summed E-state index contributed by atoms with van der Waals surface area (Å²) in [4.78, 5) is 13.3. The van der Waals surface area contributed by atoms with E-state index in [-0.39, 0.29) is 18.9 Å². The average Bonchev–Trinajstić information content (AvgIpc) is 1.46. The molecule has 0 aromatic carbocycles. The molecule has 3 saturated heterocycles. The molecule has 17 atom stereocenters. The largest absolute Gasteiger partial charge is 0.394 e. The Morgan fingerprint density at radius 1 is 0.407 bits per heavy atom. The molecule has 0 aromatic rings. The Morgan fingerprint density at radius 3 is 1.14 bits per heavy atom. The van der Waals surface area contributed by atoms with Crippen molar-refractivity contribution >= 4 is 5.91 Å². The third kappa shape index (κ3) is 31.8. The monoisotopic (exact) mass is 1230 g/mol. The van der Waals surface area contributed by atoms with Crippen molar-refractivity contribution in [1.29, 1.82) is 0 Å². The van der Waals surface area contributed by atoms with E-state index in [1.165, 1.54) is 167 Å². The quantitative estimate of drug-likeness (QED) is 0.0201. The third-order valence-corrected chi connectivity index (χ3v) is 17.2. The van der Waals surface area contributed by atoms with Crippen LogP contribution in [0.5, 0.6) is 0 Å². The molecule has 3 aliphatic rings. The molecule has 0 radical (unpaired) electrons. The summed E-state index contributed by atoms with van der Waals surface area (Å²) in [7, 11) is 0. The van der Waals surface area contributed by atoms with Gasteiger partial charge in [-0.05, 0) is 38.5 Å². The molecule has 3 fully saturated rings. The second-order valence-electron chi connectivity index (χ2n) is 24.6. The van der Waals surface area contributed by atoms with Crippen LogP contribution in [0.4, 0.5) is 0 Å². The van der Waals surface area contributed by atoms with Gasteiger partial charge in [-0.3, -0.25) is 4.79 Å². The van der Waals surface area contributed by atoms with Crippen molar-refractivity contribution in [3.63, 3.8) is 0 Å². The van der Waals surface area contributed by atoms with Gasteiger partial charge in [0.05, 0.1) is 38.6 Å². The zero-order valence-electron chi connectivity index (χ0n) is 53.0. The SMILES string of the molecule is CCC/C=C/CC/C=C/CC/C=C/C(O)C(COC1OC(CO)C(OC2OC(CO)C(OC3OC(CO)C(O)C(O)C3O)C(O)C2O)C(O)C1O)NC(=O)CCCCCCCCCCCCCCCCCCCCCCCCCCCCCCCC. The lowest BCUT2D eigenvalue weighted by atomic mass is 9.96. The first-order valence-corrected chi connectivity index (χ1v) is 34.2. The fourth-order valence-electron chi connectivity index (χ4n) is 11.6. The number of carbonyl (C=O) groups excluding carboxylic acids is 1. The van der Waals surface area contributed by atoms with Crippen LogP contribution in [0.25, 0.3) is 0 Å². The number of hydrogen-bond acceptors (Lipinski definition) is 18. The number of allylic oxidation sites excluding steroid dienone is 5. The van der Waals surface area contributed by atoms with E-state index in [9.17, 15) is 61.0 Å². The van der Waals surface area contributed by atoms with Gasteiger partial charge >= 0.3 is 0 Å². The molecule has 3 aliphatic heterocycles. The number of ether oxygens (including phenoxy) is 6. The van der Waals surface area contributed by atoms with Gasteiger partial charge in [0.2, 0.25) is 5.91 Å². The predicted molar refractivity (Wildman–Crippen MR) is 333 cm³/mol. The Kier molecular flexibility index (Phi) is 45.2. The van der Waals surface area contributed by atoms with E-state index in [4.69, 9.17) is 28.4 Å². The van der Waals surface area contributed by atoms with Crippen LogP contribution in [-0.2, 0) is 33.2 Å². The standard InChI is InChI=1S/C67H123NO18/c1-3-5-7-9-11-13-15-16-17-18-19-20-21-22-23-24-25-26-27-28-29-30-31-32-33-35-37-39-41-43-45-55(73)68-50(51(72)44-42-40-38-36-34-14-12-10-8-6-4-2)49-81-65-61(79)58(76)63(53(47-70)83-65)86-67-62(80)59(77)64(54(48-71)84-67)85-66-60(78)57(75)56(74)52(46-69)82-66/h8,10,34,36,42,44,50-54,56-67,69-72,74-80H,3-7,9,11-33,35,37-41,43,45-49H2,1-2H3,(H,68,73)/b10-8+,36-34+,44-42+. The van der Waals surface area contributed by atoms with E-state index in [1.54, 1.807) is 6.08 Å². The third-order valence-electron chi connectivity index (χ3n) is 17.2. The highest BCUT2D eigenvalue weighted by molar-refractivity contribution is 5.76. The Hall–Kier alpha value is -1.99. The molecule has 0 aromatic heterocycles. The van der Waals surface area contributed by atoms with Crippen LogP contribution in [0, 0.1) is 0 Å². The molecule has 3 heterocycles. The van der Waals surface area contributed by atoms with Gasteiger partial charge in [-0.25, -0.2) is 0 Å². The Bertz CT molecular complexity index is 1710. The Labute approximate surface area is 517 Å². The van der Waals surface area contributed by atoms with Gasteiger partial charge in [-0.2, -0.15) is 0 Å². The minimum Gasteiger partial charge on any atom is -0.394 e. The summed E-state index contributed by atoms with van der Waals surface area (Å²) in [5, 5.41) is 120. The minimum absolute atomic E-state index is 0.235. The van der Waals surface area contributed by atoms with Crippen molar-refractivity contribution in [3.8, 4) is 0 Å². The fourth-order valence-corrected chi connectivity index (χ4v) is 11.6. The first-order chi connectivity index (χ1) is 41.8. The molecule has 0 aliphatic carbocycles. The van der Waals surface area contributed by atoms with Crippen molar-refractivity contribution in [2.24, 2.45) is 0 Å². The highest BCUT2D eigenvalue weighted by Gasteiger charge is 2.53. The van der Waals surface area contributed by atoms with Crippen LogP contribution in [0.2, 0.25) is 0 Å². The molecular formula is C67H123NO18. The molecule has 0 spiro atoms. The molecule has 3 rings (SSSR count). The maximum Gasteiger partial charge on any atom is 0.220 e. The van der Waals surface area contributed by atoms with E-state index < -0.39 is 124 Å². The zero-order valence-corrected chi connectivity index (χ0v) is 53.0. The fraction of sp³-hybridized carbons (Fsp3) is 0.896. The van der Waals surface area contributed by atoms with E-state index in [1.807, 2.05) is 6.08 Å². The first-order valence-electron chi connectivity index (χ1n) is 34.2.